The maximum absolute atomic E-state index is 5.26. The molecule has 4 aliphatic heterocycles. The highest BCUT2D eigenvalue weighted by atomic mass is 16.5. The van der Waals surface area contributed by atoms with E-state index in [1.165, 1.54) is 11.4 Å². The van der Waals surface area contributed by atoms with Gasteiger partial charge in [-0.15, -0.1) is 0 Å². The SMILES string of the molecule is C.C=C1NCCn2c1cnc2C.C=C1OCCn2c1cnc2C.Cc1ncc2n1CCNC2.Cc1ncc2n1CCOC2. The largest absolute Gasteiger partial charge is 0.490 e. The summed E-state index contributed by atoms with van der Waals surface area (Å²) in [7, 11) is 0. The van der Waals surface area contributed by atoms with Crippen LogP contribution in [0.15, 0.2) is 37.9 Å². The molecule has 0 saturated carbocycles. The van der Waals surface area contributed by atoms with Gasteiger partial charge < -0.3 is 38.4 Å². The Morgan fingerprint density at radius 1 is 0.674 bits per heavy atom. The Bertz CT molecular complexity index is 1430. The van der Waals surface area contributed by atoms with Crippen LogP contribution >= 0.6 is 0 Å². The van der Waals surface area contributed by atoms with E-state index < -0.39 is 0 Å². The molecule has 0 bridgehead atoms. The molecule has 0 amide bonds. The van der Waals surface area contributed by atoms with Gasteiger partial charge in [0.25, 0.3) is 0 Å². The average molecular weight is 591 g/mol. The van der Waals surface area contributed by atoms with Gasteiger partial charge in [0.05, 0.1) is 61.1 Å². The van der Waals surface area contributed by atoms with Gasteiger partial charge in [0.1, 0.15) is 41.4 Å². The molecule has 0 atom stereocenters. The highest BCUT2D eigenvalue weighted by Gasteiger charge is 2.15. The van der Waals surface area contributed by atoms with Crippen LogP contribution in [0.25, 0.3) is 11.5 Å². The Hall–Kier alpha value is -4.16. The third kappa shape index (κ3) is 7.26. The minimum absolute atomic E-state index is 0. The van der Waals surface area contributed by atoms with E-state index in [4.69, 9.17) is 9.47 Å². The van der Waals surface area contributed by atoms with Crippen molar-refractivity contribution in [2.45, 2.75) is 74.5 Å². The summed E-state index contributed by atoms with van der Waals surface area (Å²) in [4.78, 5) is 16.8. The van der Waals surface area contributed by atoms with E-state index in [0.29, 0.717) is 6.61 Å². The molecule has 0 unspecified atom stereocenters. The lowest BCUT2D eigenvalue weighted by Gasteiger charge is -2.19. The maximum Gasteiger partial charge on any atom is 0.137 e. The second-order valence-corrected chi connectivity index (χ2v) is 10.5. The van der Waals surface area contributed by atoms with E-state index in [9.17, 15) is 0 Å². The molecule has 2 N–H and O–H groups in total. The van der Waals surface area contributed by atoms with Crippen molar-refractivity contribution < 1.29 is 9.47 Å². The number of aromatic nitrogens is 8. The smallest absolute Gasteiger partial charge is 0.137 e. The first-order valence-corrected chi connectivity index (χ1v) is 14.4. The predicted octanol–water partition coefficient (Wildman–Crippen LogP) is 3.61. The Labute approximate surface area is 254 Å². The van der Waals surface area contributed by atoms with Crippen LogP contribution in [-0.4, -0.2) is 64.5 Å². The third-order valence-corrected chi connectivity index (χ3v) is 7.77. The van der Waals surface area contributed by atoms with E-state index in [1.807, 2.05) is 39.4 Å². The van der Waals surface area contributed by atoms with Crippen molar-refractivity contribution in [2.75, 3.05) is 26.3 Å². The van der Waals surface area contributed by atoms with E-state index in [1.54, 1.807) is 6.20 Å². The molecule has 4 aliphatic rings. The van der Waals surface area contributed by atoms with Crippen molar-refractivity contribution in [3.05, 3.63) is 84.0 Å². The van der Waals surface area contributed by atoms with Gasteiger partial charge in [0.15, 0.2) is 0 Å². The molecule has 12 nitrogen and oxygen atoms in total. The summed E-state index contributed by atoms with van der Waals surface area (Å²) >= 11 is 0. The zero-order chi connectivity index (χ0) is 29.6. The van der Waals surface area contributed by atoms with Crippen molar-refractivity contribution in [1.29, 1.82) is 0 Å². The van der Waals surface area contributed by atoms with Crippen molar-refractivity contribution >= 4 is 11.5 Å². The second kappa shape index (κ2) is 14.3. The first-order chi connectivity index (χ1) is 20.3. The Kier molecular flexibility index (Phi) is 10.6. The monoisotopic (exact) mass is 590 g/mol. The van der Waals surface area contributed by atoms with Crippen molar-refractivity contribution in [1.82, 2.24) is 48.8 Å². The van der Waals surface area contributed by atoms with Gasteiger partial charge in [-0.3, -0.25) is 0 Å². The average Bonchev–Trinajstić information content (AvgIpc) is 3.79. The molecule has 8 rings (SSSR count). The number of hydrogen-bond acceptors (Lipinski definition) is 8. The fraction of sp³-hybridized carbons (Fsp3) is 0.484. The maximum atomic E-state index is 5.26. The molecule has 4 aromatic rings. The van der Waals surface area contributed by atoms with Gasteiger partial charge in [0, 0.05) is 45.5 Å². The summed E-state index contributed by atoms with van der Waals surface area (Å²) in [6.45, 7) is 24.9. The van der Waals surface area contributed by atoms with Gasteiger partial charge in [-0.2, -0.15) is 0 Å². The molecule has 0 fully saturated rings. The zero-order valence-electron chi connectivity index (χ0n) is 25.2. The minimum Gasteiger partial charge on any atom is -0.490 e. The highest BCUT2D eigenvalue weighted by molar-refractivity contribution is 5.59. The molecule has 8 heterocycles. The number of nitrogens with zero attached hydrogens (tertiary/aromatic N) is 8. The summed E-state index contributed by atoms with van der Waals surface area (Å²) in [5.41, 5.74) is 5.62. The Morgan fingerprint density at radius 2 is 1.23 bits per heavy atom. The molecule has 4 aromatic heterocycles. The van der Waals surface area contributed by atoms with Crippen LogP contribution in [-0.2, 0) is 48.8 Å². The minimum atomic E-state index is 0. The van der Waals surface area contributed by atoms with E-state index in [0.717, 1.165) is 105 Å². The molecule has 12 heteroatoms. The van der Waals surface area contributed by atoms with Crippen molar-refractivity contribution in [3.63, 3.8) is 0 Å². The van der Waals surface area contributed by atoms with Crippen LogP contribution in [0, 0.1) is 27.7 Å². The predicted molar refractivity (Wildman–Crippen MR) is 168 cm³/mol. The third-order valence-electron chi connectivity index (χ3n) is 7.77. The first-order valence-electron chi connectivity index (χ1n) is 14.4. The van der Waals surface area contributed by atoms with Crippen LogP contribution < -0.4 is 10.6 Å². The van der Waals surface area contributed by atoms with Crippen LogP contribution in [0.2, 0.25) is 0 Å². The molecule has 0 radical (unpaired) electrons. The van der Waals surface area contributed by atoms with E-state index in [2.05, 4.69) is 68.9 Å². The molecule has 43 heavy (non-hydrogen) atoms. The number of fused-ring (bicyclic) bond motifs is 4. The molecule has 0 aromatic carbocycles. The summed E-state index contributed by atoms with van der Waals surface area (Å²) in [5, 5.41) is 6.49. The number of aryl methyl sites for hydroxylation is 4. The second-order valence-electron chi connectivity index (χ2n) is 10.5. The lowest BCUT2D eigenvalue weighted by Crippen LogP contribution is -2.28. The van der Waals surface area contributed by atoms with E-state index in [-0.39, 0.29) is 7.43 Å². The fourth-order valence-corrected chi connectivity index (χ4v) is 5.34. The summed E-state index contributed by atoms with van der Waals surface area (Å²) < 4.78 is 19.3. The molecular formula is C31H46N10O2. The molecule has 0 saturated heterocycles. The first kappa shape index (κ1) is 31.8. The highest BCUT2D eigenvalue weighted by Crippen LogP contribution is 2.19. The summed E-state index contributed by atoms with van der Waals surface area (Å²) in [6, 6.07) is 0. The molecule has 232 valence electrons. The van der Waals surface area contributed by atoms with E-state index >= 15 is 0 Å². The van der Waals surface area contributed by atoms with Crippen molar-refractivity contribution in [3.8, 4) is 0 Å². The van der Waals surface area contributed by atoms with Crippen LogP contribution in [0.3, 0.4) is 0 Å². The van der Waals surface area contributed by atoms with Gasteiger partial charge in [-0.1, -0.05) is 20.6 Å². The number of imidazole rings is 4. The summed E-state index contributed by atoms with van der Waals surface area (Å²) in [6.07, 6.45) is 7.50. The lowest BCUT2D eigenvalue weighted by molar-refractivity contribution is 0.0843. The van der Waals surface area contributed by atoms with Crippen LogP contribution in [0.5, 0.6) is 0 Å². The number of ether oxygens (including phenoxy) is 2. The standard InChI is InChI=1S/C8H11N3.C8H10N2O.C7H11N3.C7H10N2O.CH4/c1-6-8-5-10-7(2)11(8)4-3-9-6;1-6-8-5-9-7(2)10(8)3-4-11-6;1-6-9-5-7-4-8-2-3-10(6)7;1-6-8-4-7-5-10-3-2-9(6)7;/h5,9H,1,3-4H2,2H3;5H,1,3-4H2,2H3;5,8H,2-4H2,1H3;4H,2-3,5H2,1H3;1H4. The number of nitrogens with one attached hydrogen (secondary N) is 2. The molecule has 0 aliphatic carbocycles. The normalized spacial score (nSPS) is 16.0. The molecular weight excluding hydrogens is 544 g/mol. The van der Waals surface area contributed by atoms with Gasteiger partial charge in [-0.25, -0.2) is 19.9 Å². The Morgan fingerprint density at radius 3 is 1.88 bits per heavy atom. The van der Waals surface area contributed by atoms with Gasteiger partial charge >= 0.3 is 0 Å². The zero-order valence-corrected chi connectivity index (χ0v) is 25.2. The molecule has 0 spiro atoms. The fourth-order valence-electron chi connectivity index (χ4n) is 5.34. The Balaban J connectivity index is 0.000000130. The van der Waals surface area contributed by atoms with Crippen LogP contribution in [0.1, 0.15) is 53.5 Å². The summed E-state index contributed by atoms with van der Waals surface area (Å²) in [5.74, 6) is 5.07. The van der Waals surface area contributed by atoms with Crippen molar-refractivity contribution in [2.24, 2.45) is 0 Å². The van der Waals surface area contributed by atoms with Gasteiger partial charge in [0.2, 0.25) is 0 Å². The van der Waals surface area contributed by atoms with Gasteiger partial charge in [-0.05, 0) is 27.7 Å². The number of hydrogen-bond donors (Lipinski definition) is 2. The number of rotatable bonds is 0. The van der Waals surface area contributed by atoms with Crippen LogP contribution in [0.4, 0.5) is 0 Å². The topological polar surface area (TPSA) is 114 Å². The lowest BCUT2D eigenvalue weighted by atomic mass is 10.3. The quantitative estimate of drug-likeness (QED) is 0.319.